The predicted molar refractivity (Wildman–Crippen MR) is 137 cm³/mol. The van der Waals surface area contributed by atoms with Crippen LogP contribution >= 0.6 is 0 Å². The highest BCUT2D eigenvalue weighted by Gasteiger charge is 2.44. The Kier molecular flexibility index (Phi) is 5.47. The number of benzene rings is 2. The van der Waals surface area contributed by atoms with E-state index in [1.165, 1.54) is 0 Å². The average Bonchev–Trinajstić information content (AvgIpc) is 3.30. The number of methoxy groups -OCH3 is 1. The third kappa shape index (κ3) is 4.22. The molecule has 0 saturated heterocycles. The zero-order chi connectivity index (χ0) is 25.7. The number of aromatic nitrogens is 4. The zero-order valence-corrected chi connectivity index (χ0v) is 21.3. The minimum absolute atomic E-state index is 0.0853. The van der Waals surface area contributed by atoms with E-state index in [4.69, 9.17) is 19.2 Å². The van der Waals surface area contributed by atoms with Gasteiger partial charge in [0.25, 0.3) is 0 Å². The smallest absolute Gasteiger partial charge is 0.228 e. The molecule has 2 aromatic heterocycles. The fourth-order valence-corrected chi connectivity index (χ4v) is 5.16. The molecule has 0 fully saturated rings. The van der Waals surface area contributed by atoms with Gasteiger partial charge in [-0.25, -0.2) is 14.5 Å². The molecule has 2 aliphatic rings. The van der Waals surface area contributed by atoms with Gasteiger partial charge in [-0.2, -0.15) is 0 Å². The third-order valence-corrected chi connectivity index (χ3v) is 6.95. The first-order valence-corrected chi connectivity index (χ1v) is 12.3. The molecule has 0 N–H and O–H groups in total. The van der Waals surface area contributed by atoms with E-state index in [1.807, 2.05) is 55.5 Å². The van der Waals surface area contributed by atoms with E-state index in [0.717, 1.165) is 28.2 Å². The molecule has 3 heterocycles. The number of rotatable bonds is 5. The first-order chi connectivity index (χ1) is 17.8. The molecule has 0 amide bonds. The summed E-state index contributed by atoms with van der Waals surface area (Å²) in [4.78, 5) is 22.9. The summed E-state index contributed by atoms with van der Waals surface area (Å²) < 4.78 is 19.2. The van der Waals surface area contributed by atoms with Crippen molar-refractivity contribution in [2.45, 2.75) is 46.1 Å². The maximum Gasteiger partial charge on any atom is 0.228 e. The van der Waals surface area contributed by atoms with E-state index in [0.29, 0.717) is 41.5 Å². The van der Waals surface area contributed by atoms with E-state index in [-0.39, 0.29) is 23.7 Å². The van der Waals surface area contributed by atoms with Crippen LogP contribution in [-0.4, -0.2) is 32.5 Å². The Morgan fingerprint density at radius 2 is 1.78 bits per heavy atom. The fraction of sp³-hybridized carbons (Fsp3) is 0.310. The molecule has 0 unspecified atom stereocenters. The van der Waals surface area contributed by atoms with Gasteiger partial charge in [0.05, 0.1) is 12.7 Å². The number of hydrogen-bond donors (Lipinski definition) is 0. The molecule has 0 spiro atoms. The molecule has 6 rings (SSSR count). The van der Waals surface area contributed by atoms with Gasteiger partial charge in [-0.05, 0) is 42.2 Å². The van der Waals surface area contributed by atoms with E-state index in [1.54, 1.807) is 18.0 Å². The highest BCUT2D eigenvalue weighted by molar-refractivity contribution is 6.00. The Hall–Kier alpha value is -4.20. The van der Waals surface area contributed by atoms with Crippen molar-refractivity contribution in [3.05, 3.63) is 88.7 Å². The number of allylic oxidation sites excluding steroid dienone is 2. The molecule has 1 aliphatic heterocycles. The fourth-order valence-electron chi connectivity index (χ4n) is 5.16. The number of carbonyl (C=O) groups excluding carboxylic acids is 1. The molecule has 0 bridgehead atoms. The summed E-state index contributed by atoms with van der Waals surface area (Å²) in [5.41, 5.74) is 3.92. The van der Waals surface area contributed by atoms with Crippen LogP contribution in [0.3, 0.4) is 0 Å². The predicted octanol–water partition coefficient (Wildman–Crippen LogP) is 5.19. The summed E-state index contributed by atoms with van der Waals surface area (Å²) >= 11 is 0. The maximum atomic E-state index is 13.5. The van der Waals surface area contributed by atoms with Gasteiger partial charge in [0.2, 0.25) is 5.88 Å². The maximum absolute atomic E-state index is 13.5. The second-order valence-electron chi connectivity index (χ2n) is 10.4. The number of ether oxygens (including phenoxy) is 3. The molecule has 37 heavy (non-hydrogen) atoms. The second kappa shape index (κ2) is 8.73. The van der Waals surface area contributed by atoms with Gasteiger partial charge >= 0.3 is 0 Å². The van der Waals surface area contributed by atoms with Gasteiger partial charge in [-0.1, -0.05) is 43.7 Å². The van der Waals surface area contributed by atoms with Crippen molar-refractivity contribution in [1.29, 1.82) is 0 Å². The average molecular weight is 497 g/mol. The molecule has 8 heteroatoms. The molecular formula is C29H28N4O4. The molecule has 4 aromatic rings. The molecule has 8 nitrogen and oxygen atoms in total. The number of ketones is 1. The van der Waals surface area contributed by atoms with Crippen LogP contribution in [0.2, 0.25) is 0 Å². The molecule has 1 aliphatic carbocycles. The number of Topliss-reactive ketones (excluding diaryl/α,β-unsaturated/α-hetero) is 1. The van der Waals surface area contributed by atoms with Crippen LogP contribution in [0.15, 0.2) is 66.2 Å². The van der Waals surface area contributed by atoms with E-state index in [9.17, 15) is 4.79 Å². The number of hydrogen-bond acceptors (Lipinski definition) is 7. The largest absolute Gasteiger partial charge is 0.497 e. The molecule has 1 atom stereocenters. The van der Waals surface area contributed by atoms with Crippen LogP contribution in [-0.2, 0) is 11.4 Å². The van der Waals surface area contributed by atoms with Crippen LogP contribution in [0.5, 0.6) is 17.4 Å². The molecular weight excluding hydrogens is 468 g/mol. The quantitative estimate of drug-likeness (QED) is 0.376. The van der Waals surface area contributed by atoms with Crippen molar-refractivity contribution >= 4 is 11.4 Å². The van der Waals surface area contributed by atoms with E-state index < -0.39 is 0 Å². The van der Waals surface area contributed by atoms with E-state index >= 15 is 0 Å². The summed E-state index contributed by atoms with van der Waals surface area (Å²) in [6.45, 7) is 6.41. The minimum atomic E-state index is -0.375. The van der Waals surface area contributed by atoms with Gasteiger partial charge in [-0.15, -0.1) is 5.10 Å². The Bertz CT molecular complexity index is 1530. The number of fused-ring (bicyclic) bond motifs is 3. The topological polar surface area (TPSA) is 87.8 Å². The van der Waals surface area contributed by atoms with Gasteiger partial charge in [0, 0.05) is 24.3 Å². The Labute approximate surface area is 214 Å². The van der Waals surface area contributed by atoms with Gasteiger partial charge in [0.15, 0.2) is 17.3 Å². The standard InChI is InChI=1S/C29H28N4O4/c1-17-5-9-20(10-6-17)36-15-23-31-27-26-24(18-7-11-19(35-4)12-8-18)25-21(34)13-29(2,3)14-22(25)37-28(26)30-16-33(27)32-23/h5-12,16,24H,13-15H2,1-4H3/t24-/m1/s1. The van der Waals surface area contributed by atoms with Crippen LogP contribution < -0.4 is 14.2 Å². The van der Waals surface area contributed by atoms with Crippen LogP contribution in [0, 0.1) is 12.3 Å². The number of aryl methyl sites for hydroxylation is 1. The van der Waals surface area contributed by atoms with Crippen molar-refractivity contribution in [3.63, 3.8) is 0 Å². The molecule has 2 aromatic carbocycles. The number of nitrogens with zero attached hydrogens (tertiary/aromatic N) is 4. The monoisotopic (exact) mass is 496 g/mol. The van der Waals surface area contributed by atoms with Crippen LogP contribution in [0.1, 0.15) is 55.1 Å². The lowest BCUT2D eigenvalue weighted by atomic mass is 9.70. The Balaban J connectivity index is 1.45. The van der Waals surface area contributed by atoms with Crippen molar-refractivity contribution in [2.75, 3.05) is 7.11 Å². The second-order valence-corrected chi connectivity index (χ2v) is 10.4. The number of carbonyl (C=O) groups is 1. The molecule has 0 saturated carbocycles. The highest BCUT2D eigenvalue weighted by Crippen LogP contribution is 2.50. The SMILES string of the molecule is COc1ccc([C@@H]2C3=C(CC(C)(C)CC3=O)Oc3ncn4nc(COc5ccc(C)cc5)nc4c32)cc1. The van der Waals surface area contributed by atoms with Gasteiger partial charge < -0.3 is 14.2 Å². The van der Waals surface area contributed by atoms with Crippen molar-refractivity contribution in [1.82, 2.24) is 19.6 Å². The normalized spacial score (nSPS) is 18.3. The van der Waals surface area contributed by atoms with Crippen LogP contribution in [0.25, 0.3) is 5.65 Å². The third-order valence-electron chi connectivity index (χ3n) is 6.95. The lowest BCUT2D eigenvalue weighted by molar-refractivity contribution is -0.118. The van der Waals surface area contributed by atoms with Gasteiger partial charge in [-0.3, -0.25) is 4.79 Å². The van der Waals surface area contributed by atoms with E-state index in [2.05, 4.69) is 23.9 Å². The highest BCUT2D eigenvalue weighted by atomic mass is 16.5. The lowest BCUT2D eigenvalue weighted by Crippen LogP contribution is -2.33. The summed E-state index contributed by atoms with van der Waals surface area (Å²) in [7, 11) is 1.63. The summed E-state index contributed by atoms with van der Waals surface area (Å²) in [5, 5.41) is 4.60. The minimum Gasteiger partial charge on any atom is -0.497 e. The first-order valence-electron chi connectivity index (χ1n) is 12.3. The van der Waals surface area contributed by atoms with Crippen molar-refractivity contribution in [3.8, 4) is 17.4 Å². The summed E-state index contributed by atoms with van der Waals surface area (Å²) in [5.74, 6) is 2.86. The summed E-state index contributed by atoms with van der Waals surface area (Å²) in [6, 6.07) is 15.6. The van der Waals surface area contributed by atoms with Crippen molar-refractivity contribution in [2.24, 2.45) is 5.41 Å². The Morgan fingerprint density at radius 1 is 1.05 bits per heavy atom. The lowest BCUT2D eigenvalue weighted by Gasteiger charge is -2.37. The first kappa shape index (κ1) is 23.2. The van der Waals surface area contributed by atoms with Gasteiger partial charge in [0.1, 0.15) is 30.2 Å². The van der Waals surface area contributed by atoms with Crippen molar-refractivity contribution < 1.29 is 19.0 Å². The Morgan fingerprint density at radius 3 is 2.51 bits per heavy atom. The van der Waals surface area contributed by atoms with Crippen LogP contribution in [0.4, 0.5) is 0 Å². The molecule has 0 radical (unpaired) electrons. The summed E-state index contributed by atoms with van der Waals surface area (Å²) in [6.07, 6.45) is 2.72. The zero-order valence-electron chi connectivity index (χ0n) is 21.3. The molecule has 188 valence electrons.